The van der Waals surface area contributed by atoms with Crippen LogP contribution in [0.25, 0.3) is 0 Å². The van der Waals surface area contributed by atoms with Crippen LogP contribution in [-0.2, 0) is 16.9 Å². The number of halogens is 2. The molecule has 4 rings (SSSR count). The summed E-state index contributed by atoms with van der Waals surface area (Å²) in [6.07, 6.45) is 2.14. The van der Waals surface area contributed by atoms with Crippen molar-refractivity contribution < 1.29 is 14.6 Å². The van der Waals surface area contributed by atoms with Crippen molar-refractivity contribution in [2.75, 3.05) is 0 Å². The Morgan fingerprint density at radius 1 is 1.30 bits per heavy atom. The number of ether oxygens (including phenoxy) is 1. The Morgan fingerprint density at radius 3 is 2.83 bits per heavy atom. The maximum absolute atomic E-state index is 13.4. The number of nitrogens with zero attached hydrogens (tertiary/aromatic N) is 3. The number of hydrogen-bond acceptors (Lipinski definition) is 3. The fourth-order valence-corrected chi connectivity index (χ4v) is 2.87. The van der Waals surface area contributed by atoms with E-state index in [1.165, 1.54) is 24.8 Å². The van der Waals surface area contributed by atoms with Gasteiger partial charge >= 0.3 is 0 Å². The highest BCUT2D eigenvalue weighted by atomic mass is 35.5. The predicted molar refractivity (Wildman–Crippen MR) is 83.4 cm³/mol. The van der Waals surface area contributed by atoms with Crippen molar-refractivity contribution in [2.24, 2.45) is 0 Å². The van der Waals surface area contributed by atoms with Gasteiger partial charge < -0.3 is 4.74 Å². The van der Waals surface area contributed by atoms with E-state index in [0.29, 0.717) is 5.56 Å². The highest BCUT2D eigenvalue weighted by molar-refractivity contribution is 6.31. The van der Waals surface area contributed by atoms with Gasteiger partial charge in [0.25, 0.3) is 0 Å². The fraction of sp³-hybridized carbons (Fsp3) is 0.176. The molecule has 0 aliphatic carbocycles. The van der Waals surface area contributed by atoms with Crippen molar-refractivity contribution in [3.05, 3.63) is 83.1 Å². The van der Waals surface area contributed by atoms with Gasteiger partial charge in [-0.1, -0.05) is 41.9 Å². The van der Waals surface area contributed by atoms with Crippen molar-refractivity contribution in [3.8, 4) is 0 Å². The second-order valence-corrected chi connectivity index (χ2v) is 5.59. The van der Waals surface area contributed by atoms with E-state index in [-0.39, 0.29) is 35.3 Å². The molecular weight excluding hydrogens is 317 g/mol. The van der Waals surface area contributed by atoms with E-state index in [1.807, 2.05) is 0 Å². The van der Waals surface area contributed by atoms with E-state index >= 15 is 0 Å². The lowest BCUT2D eigenvalue weighted by Crippen LogP contribution is -2.19. The average Bonchev–Trinajstić information content (AvgIpc) is 3.11. The molecule has 1 aliphatic rings. The van der Waals surface area contributed by atoms with Gasteiger partial charge in [-0.3, -0.25) is 0 Å². The van der Waals surface area contributed by atoms with Gasteiger partial charge in [0, 0.05) is 10.6 Å². The first kappa shape index (κ1) is 10.5. The third-order valence-corrected chi connectivity index (χ3v) is 4.12. The summed E-state index contributed by atoms with van der Waals surface area (Å²) in [4.78, 5) is 3.90. The molecule has 1 aromatic heterocycles. The summed E-state index contributed by atoms with van der Waals surface area (Å²) >= 11 is 6.25. The van der Waals surface area contributed by atoms with E-state index in [2.05, 4.69) is 10.1 Å². The number of rotatable bonds is 4. The molecule has 23 heavy (non-hydrogen) atoms. The molecule has 0 unspecified atom stereocenters. The molecule has 2 aromatic carbocycles. The third-order valence-electron chi connectivity index (χ3n) is 3.82. The molecule has 0 N–H and O–H groups in total. The summed E-state index contributed by atoms with van der Waals surface area (Å²) in [6, 6.07) is 4.39. The van der Waals surface area contributed by atoms with Crippen LogP contribution < -0.4 is 0 Å². The lowest BCUT2D eigenvalue weighted by molar-refractivity contribution is 0.262. The largest absolute Gasteiger partial charge is 0.354 e. The molecule has 0 amide bonds. The third kappa shape index (κ3) is 2.52. The van der Waals surface area contributed by atoms with Crippen molar-refractivity contribution in [1.29, 1.82) is 0 Å². The van der Waals surface area contributed by atoms with Gasteiger partial charge in [0.15, 0.2) is 0 Å². The van der Waals surface area contributed by atoms with E-state index in [0.717, 1.165) is 0 Å². The van der Waals surface area contributed by atoms with Crippen LogP contribution in [0.5, 0.6) is 0 Å². The maximum atomic E-state index is 13.4. The minimum Gasteiger partial charge on any atom is -0.354 e. The summed E-state index contributed by atoms with van der Waals surface area (Å²) in [7, 11) is 0. The van der Waals surface area contributed by atoms with E-state index in [4.69, 9.17) is 21.8 Å². The molecule has 0 spiro atoms. The summed E-state index contributed by atoms with van der Waals surface area (Å²) < 4.78 is 52.7. The Labute approximate surface area is 143 Å². The highest BCUT2D eigenvalue weighted by Crippen LogP contribution is 2.59. The molecule has 3 aromatic rings. The zero-order valence-electron chi connectivity index (χ0n) is 15.8. The molecule has 2 atom stereocenters. The number of aromatic nitrogens is 3. The fourth-order valence-electron chi connectivity index (χ4n) is 2.67. The Hall–Kier alpha value is -2.24. The Kier molecular flexibility index (Phi) is 2.49. The van der Waals surface area contributed by atoms with Gasteiger partial charge in [0.1, 0.15) is 30.2 Å². The summed E-state index contributed by atoms with van der Waals surface area (Å²) in [5.74, 6) is -0.397. The lowest BCUT2D eigenvalue weighted by Gasteiger charge is -2.14. The standard InChI is InChI=1S/C17H13ClFN3O/c18-15-4-2-1-3-14(15)16-17(23-16,9-22-11-20-10-21-22)12-5-7-13(19)8-6-12/h1-8,10-11,16H,9H2/t16-,17-/m0/s1/i1D,2D,3D,4D. The summed E-state index contributed by atoms with van der Waals surface area (Å²) in [5, 5.41) is 3.98. The summed E-state index contributed by atoms with van der Waals surface area (Å²) in [5.41, 5.74) is -0.177. The monoisotopic (exact) mass is 333 g/mol. The van der Waals surface area contributed by atoms with E-state index in [9.17, 15) is 4.39 Å². The van der Waals surface area contributed by atoms with Crippen LogP contribution in [0.15, 0.2) is 61.1 Å². The normalized spacial score (nSPS) is 25.4. The molecule has 2 heterocycles. The van der Waals surface area contributed by atoms with E-state index < -0.39 is 23.6 Å². The quantitative estimate of drug-likeness (QED) is 0.683. The maximum Gasteiger partial charge on any atom is 0.144 e. The first-order valence-corrected chi connectivity index (χ1v) is 7.25. The Balaban J connectivity index is 1.84. The van der Waals surface area contributed by atoms with Crippen LogP contribution in [-0.4, -0.2) is 14.8 Å². The van der Waals surface area contributed by atoms with E-state index in [1.54, 1.807) is 16.8 Å². The lowest BCUT2D eigenvalue weighted by atomic mass is 9.91. The van der Waals surface area contributed by atoms with Gasteiger partial charge in [-0.05, 0) is 23.7 Å². The molecular formula is C17H13ClFN3O. The second kappa shape index (κ2) is 5.44. The van der Waals surface area contributed by atoms with Gasteiger partial charge in [-0.15, -0.1) is 0 Å². The Morgan fingerprint density at radius 2 is 2.09 bits per heavy atom. The molecule has 0 radical (unpaired) electrons. The zero-order valence-corrected chi connectivity index (χ0v) is 12.5. The SMILES string of the molecule is [2H]c1c([2H])c([2H])c([C@@H]2O[C@@]2(Cn2cncn2)c2ccc(F)cc2)c(Cl)c1[2H]. The smallest absolute Gasteiger partial charge is 0.144 e. The zero-order chi connectivity index (χ0) is 19.3. The van der Waals surface area contributed by atoms with Gasteiger partial charge in [-0.25, -0.2) is 14.1 Å². The van der Waals surface area contributed by atoms with Crippen molar-refractivity contribution in [2.45, 2.75) is 18.2 Å². The van der Waals surface area contributed by atoms with Crippen LogP contribution in [0.4, 0.5) is 4.39 Å². The Bertz CT molecular complexity index is 987. The van der Waals surface area contributed by atoms with Crippen LogP contribution in [0.2, 0.25) is 5.02 Å². The molecule has 0 bridgehead atoms. The van der Waals surface area contributed by atoms with Crippen LogP contribution in [0, 0.1) is 5.82 Å². The second-order valence-electron chi connectivity index (χ2n) is 5.21. The van der Waals surface area contributed by atoms with Crippen molar-refractivity contribution in [1.82, 2.24) is 14.8 Å². The van der Waals surface area contributed by atoms with Crippen LogP contribution in [0.3, 0.4) is 0 Å². The molecule has 0 saturated carbocycles. The predicted octanol–water partition coefficient (Wildman–Crippen LogP) is 3.74. The minimum atomic E-state index is -0.997. The van der Waals surface area contributed by atoms with Crippen molar-refractivity contribution >= 4 is 11.6 Å². The molecule has 116 valence electrons. The molecule has 1 fully saturated rings. The first-order valence-electron chi connectivity index (χ1n) is 8.87. The number of benzene rings is 2. The number of hydrogen-bond donors (Lipinski definition) is 0. The van der Waals surface area contributed by atoms with Crippen molar-refractivity contribution in [3.63, 3.8) is 0 Å². The van der Waals surface area contributed by atoms with Gasteiger partial charge in [0.2, 0.25) is 0 Å². The van der Waals surface area contributed by atoms with Crippen LogP contribution >= 0.6 is 11.6 Å². The molecule has 1 aliphatic heterocycles. The number of epoxide rings is 1. The molecule has 4 nitrogen and oxygen atoms in total. The topological polar surface area (TPSA) is 43.2 Å². The first-order chi connectivity index (χ1) is 12.8. The van der Waals surface area contributed by atoms with Crippen LogP contribution in [0.1, 0.15) is 22.7 Å². The highest BCUT2D eigenvalue weighted by Gasteiger charge is 2.59. The molecule has 6 heteroatoms. The van der Waals surface area contributed by atoms with Gasteiger partial charge in [-0.2, -0.15) is 5.10 Å². The molecule has 1 saturated heterocycles. The minimum absolute atomic E-state index is 0.0893. The average molecular weight is 334 g/mol. The van der Waals surface area contributed by atoms with Gasteiger partial charge in [0.05, 0.1) is 12.0 Å². The summed E-state index contributed by atoms with van der Waals surface area (Å²) in [6.45, 7) is 0.225.